The summed E-state index contributed by atoms with van der Waals surface area (Å²) in [7, 11) is 0. The van der Waals surface area contributed by atoms with Crippen molar-refractivity contribution >= 4 is 23.5 Å². The quantitative estimate of drug-likeness (QED) is 0.388. The van der Waals surface area contributed by atoms with E-state index in [0.29, 0.717) is 5.92 Å². The SMILES string of the molecule is NC(=S)N/N=C\C1CCCCC1. The van der Waals surface area contributed by atoms with E-state index in [1.165, 1.54) is 32.1 Å². The summed E-state index contributed by atoms with van der Waals surface area (Å²) >= 11 is 4.62. The first-order chi connectivity index (χ1) is 5.79. The van der Waals surface area contributed by atoms with E-state index in [4.69, 9.17) is 5.73 Å². The van der Waals surface area contributed by atoms with Gasteiger partial charge in [0.2, 0.25) is 0 Å². The van der Waals surface area contributed by atoms with Gasteiger partial charge in [0, 0.05) is 6.21 Å². The lowest BCUT2D eigenvalue weighted by atomic mass is 9.90. The van der Waals surface area contributed by atoms with E-state index in [0.717, 1.165) is 0 Å². The van der Waals surface area contributed by atoms with Crippen molar-refractivity contribution in [2.24, 2.45) is 16.8 Å². The van der Waals surface area contributed by atoms with Gasteiger partial charge in [-0.25, -0.2) is 0 Å². The Labute approximate surface area is 78.4 Å². The molecule has 0 aromatic carbocycles. The summed E-state index contributed by atoms with van der Waals surface area (Å²) in [5, 5.41) is 4.19. The lowest BCUT2D eigenvalue weighted by molar-refractivity contribution is 0.444. The molecule has 12 heavy (non-hydrogen) atoms. The topological polar surface area (TPSA) is 50.4 Å². The van der Waals surface area contributed by atoms with Crippen molar-refractivity contribution in [3.05, 3.63) is 0 Å². The first kappa shape index (κ1) is 9.45. The monoisotopic (exact) mass is 185 g/mol. The van der Waals surface area contributed by atoms with Gasteiger partial charge >= 0.3 is 0 Å². The van der Waals surface area contributed by atoms with E-state index in [-0.39, 0.29) is 5.11 Å². The molecule has 0 aliphatic heterocycles. The lowest BCUT2D eigenvalue weighted by Crippen LogP contribution is -2.24. The summed E-state index contributed by atoms with van der Waals surface area (Å²) in [6.07, 6.45) is 8.45. The minimum absolute atomic E-state index is 0.238. The molecule has 0 aromatic heterocycles. The number of hydrazone groups is 1. The van der Waals surface area contributed by atoms with Gasteiger partial charge in [-0.3, -0.25) is 5.43 Å². The van der Waals surface area contributed by atoms with Crippen molar-refractivity contribution < 1.29 is 0 Å². The molecule has 1 saturated carbocycles. The maximum atomic E-state index is 5.21. The van der Waals surface area contributed by atoms with Gasteiger partial charge in [-0.2, -0.15) is 5.10 Å². The third-order valence-corrected chi connectivity index (χ3v) is 2.20. The van der Waals surface area contributed by atoms with Gasteiger partial charge < -0.3 is 5.73 Å². The van der Waals surface area contributed by atoms with Gasteiger partial charge in [0.05, 0.1) is 0 Å². The molecule has 3 nitrogen and oxygen atoms in total. The van der Waals surface area contributed by atoms with Crippen molar-refractivity contribution in [1.29, 1.82) is 0 Å². The van der Waals surface area contributed by atoms with Crippen molar-refractivity contribution in [3.8, 4) is 0 Å². The molecule has 0 spiro atoms. The van der Waals surface area contributed by atoms with Crippen molar-refractivity contribution in [1.82, 2.24) is 5.43 Å². The third-order valence-electron chi connectivity index (χ3n) is 2.11. The van der Waals surface area contributed by atoms with E-state index >= 15 is 0 Å². The minimum atomic E-state index is 0.238. The average Bonchev–Trinajstić information content (AvgIpc) is 2.05. The largest absolute Gasteiger partial charge is 0.375 e. The second kappa shape index (κ2) is 5.09. The van der Waals surface area contributed by atoms with Gasteiger partial charge in [-0.1, -0.05) is 19.3 Å². The normalized spacial score (nSPS) is 19.7. The Hall–Kier alpha value is -0.640. The van der Waals surface area contributed by atoms with Crippen LogP contribution in [0.1, 0.15) is 32.1 Å². The number of hydrogen-bond acceptors (Lipinski definition) is 2. The van der Waals surface area contributed by atoms with Crippen LogP contribution in [0.2, 0.25) is 0 Å². The van der Waals surface area contributed by atoms with Crippen LogP contribution in [0.15, 0.2) is 5.10 Å². The predicted octanol–water partition coefficient (Wildman–Crippen LogP) is 1.39. The molecule has 1 fully saturated rings. The van der Waals surface area contributed by atoms with E-state index in [1.807, 2.05) is 6.21 Å². The van der Waals surface area contributed by atoms with Crippen molar-refractivity contribution in [2.45, 2.75) is 32.1 Å². The van der Waals surface area contributed by atoms with Crippen LogP contribution in [0.25, 0.3) is 0 Å². The van der Waals surface area contributed by atoms with Crippen LogP contribution in [-0.2, 0) is 0 Å². The smallest absolute Gasteiger partial charge is 0.184 e. The second-order valence-corrected chi connectivity index (χ2v) is 3.59. The highest BCUT2D eigenvalue weighted by molar-refractivity contribution is 7.80. The number of nitrogens with two attached hydrogens (primary N) is 1. The molecule has 1 rings (SSSR count). The summed E-state index contributed by atoms with van der Waals surface area (Å²) in [5.74, 6) is 0.626. The summed E-state index contributed by atoms with van der Waals surface area (Å²) in [6, 6.07) is 0. The number of rotatable bonds is 2. The Kier molecular flexibility index (Phi) is 4.00. The Morgan fingerprint density at radius 3 is 2.67 bits per heavy atom. The van der Waals surface area contributed by atoms with Crippen LogP contribution in [0.4, 0.5) is 0 Å². The van der Waals surface area contributed by atoms with E-state index in [1.54, 1.807) is 0 Å². The Bertz CT molecular complexity index is 173. The zero-order chi connectivity index (χ0) is 8.81. The second-order valence-electron chi connectivity index (χ2n) is 3.15. The van der Waals surface area contributed by atoms with E-state index in [2.05, 4.69) is 22.7 Å². The highest BCUT2D eigenvalue weighted by atomic mass is 32.1. The number of hydrogen-bond donors (Lipinski definition) is 2. The van der Waals surface area contributed by atoms with E-state index in [9.17, 15) is 0 Å². The van der Waals surface area contributed by atoms with Gasteiger partial charge in [-0.05, 0) is 31.0 Å². The van der Waals surface area contributed by atoms with Crippen LogP contribution in [0, 0.1) is 5.92 Å². The molecule has 0 saturated heterocycles. The standard InChI is InChI=1S/C8H15N3S/c9-8(12)11-10-6-7-4-2-1-3-5-7/h6-7H,1-5H2,(H3,9,11,12)/b10-6-. The summed E-state index contributed by atoms with van der Waals surface area (Å²) < 4.78 is 0. The average molecular weight is 185 g/mol. The van der Waals surface area contributed by atoms with Gasteiger partial charge in [0.1, 0.15) is 0 Å². The number of nitrogens with zero attached hydrogens (tertiary/aromatic N) is 1. The molecule has 0 heterocycles. The van der Waals surface area contributed by atoms with Crippen LogP contribution in [0.3, 0.4) is 0 Å². The fraction of sp³-hybridized carbons (Fsp3) is 0.750. The Morgan fingerprint density at radius 2 is 2.08 bits per heavy atom. The number of thiocarbonyl (C=S) groups is 1. The number of nitrogens with one attached hydrogen (secondary N) is 1. The molecule has 0 radical (unpaired) electrons. The summed E-state index contributed by atoms with van der Waals surface area (Å²) in [6.45, 7) is 0. The summed E-state index contributed by atoms with van der Waals surface area (Å²) in [5.41, 5.74) is 7.79. The molecular weight excluding hydrogens is 170 g/mol. The van der Waals surface area contributed by atoms with Crippen molar-refractivity contribution in [2.75, 3.05) is 0 Å². The van der Waals surface area contributed by atoms with Crippen LogP contribution in [0.5, 0.6) is 0 Å². The molecule has 0 amide bonds. The molecule has 3 N–H and O–H groups in total. The van der Waals surface area contributed by atoms with Gasteiger partial charge in [0.25, 0.3) is 0 Å². The molecule has 1 aliphatic carbocycles. The molecule has 0 atom stereocenters. The molecule has 0 bridgehead atoms. The zero-order valence-electron chi connectivity index (χ0n) is 7.12. The minimum Gasteiger partial charge on any atom is -0.375 e. The molecule has 4 heteroatoms. The molecule has 1 aliphatic rings. The lowest BCUT2D eigenvalue weighted by Gasteiger charge is -2.16. The van der Waals surface area contributed by atoms with Crippen molar-refractivity contribution in [3.63, 3.8) is 0 Å². The Balaban J connectivity index is 2.19. The fourth-order valence-corrected chi connectivity index (χ4v) is 1.54. The first-order valence-electron chi connectivity index (χ1n) is 4.37. The molecule has 0 unspecified atom stereocenters. The zero-order valence-corrected chi connectivity index (χ0v) is 7.94. The first-order valence-corrected chi connectivity index (χ1v) is 4.78. The van der Waals surface area contributed by atoms with Crippen LogP contribution < -0.4 is 11.2 Å². The predicted molar refractivity (Wildman–Crippen MR) is 55.0 cm³/mol. The fourth-order valence-electron chi connectivity index (χ4n) is 1.49. The van der Waals surface area contributed by atoms with E-state index < -0.39 is 0 Å². The highest BCUT2D eigenvalue weighted by Gasteiger charge is 2.10. The Morgan fingerprint density at radius 1 is 1.42 bits per heavy atom. The third kappa shape index (κ3) is 3.67. The highest BCUT2D eigenvalue weighted by Crippen LogP contribution is 2.21. The van der Waals surface area contributed by atoms with Gasteiger partial charge in [0.15, 0.2) is 5.11 Å². The maximum absolute atomic E-state index is 5.21. The van der Waals surface area contributed by atoms with Crippen LogP contribution in [-0.4, -0.2) is 11.3 Å². The molecule has 0 aromatic rings. The molecule has 68 valence electrons. The van der Waals surface area contributed by atoms with Crippen LogP contribution >= 0.6 is 12.2 Å². The molecular formula is C8H15N3S. The van der Waals surface area contributed by atoms with Gasteiger partial charge in [-0.15, -0.1) is 0 Å². The summed E-state index contributed by atoms with van der Waals surface area (Å²) in [4.78, 5) is 0. The maximum Gasteiger partial charge on any atom is 0.184 e.